The Labute approximate surface area is 262 Å². The number of aromatic nitrogens is 3. The number of thioether (sulfide) groups is 1. The molecule has 11 heteroatoms. The summed E-state index contributed by atoms with van der Waals surface area (Å²) in [5.74, 6) is -0.778. The molecule has 44 heavy (non-hydrogen) atoms. The highest BCUT2D eigenvalue weighted by atomic mass is 32.2. The predicted octanol–water partition coefficient (Wildman–Crippen LogP) is 6.48. The molecule has 1 aliphatic rings. The number of halogens is 1. The van der Waals surface area contributed by atoms with Gasteiger partial charge in [0.05, 0.1) is 34.5 Å². The van der Waals surface area contributed by atoms with E-state index in [1.807, 2.05) is 72.3 Å². The van der Waals surface area contributed by atoms with E-state index < -0.39 is 11.7 Å². The summed E-state index contributed by atoms with van der Waals surface area (Å²) in [4.78, 5) is 27.5. The Morgan fingerprint density at radius 3 is 2.55 bits per heavy atom. The maximum absolute atomic E-state index is 14.2. The van der Waals surface area contributed by atoms with Gasteiger partial charge in [-0.2, -0.15) is 5.10 Å². The van der Waals surface area contributed by atoms with Gasteiger partial charge in [0.1, 0.15) is 5.82 Å². The van der Waals surface area contributed by atoms with Crippen LogP contribution in [0.3, 0.4) is 0 Å². The van der Waals surface area contributed by atoms with Crippen molar-refractivity contribution in [1.29, 1.82) is 0 Å². The first-order valence-electron chi connectivity index (χ1n) is 14.0. The molecule has 0 aliphatic carbocycles. The number of aryl methyl sites for hydroxylation is 2. The number of rotatable bonds is 9. The summed E-state index contributed by atoms with van der Waals surface area (Å²) >= 11 is 2.86. The number of carbonyl (C=O) groups excluding carboxylic acids is 2. The van der Waals surface area contributed by atoms with Crippen molar-refractivity contribution in [2.75, 3.05) is 5.75 Å². The predicted molar refractivity (Wildman–Crippen MR) is 171 cm³/mol. The van der Waals surface area contributed by atoms with Crippen LogP contribution < -0.4 is 5.32 Å². The SMILES string of the molecule is Cc1ccc([C@@H]2CC(c3cccs3)=NN2C(=O)CSc2nnc(CNC(=O)c3ccccc3F)n2-c2cccc(C)c2)cc1. The van der Waals surface area contributed by atoms with Gasteiger partial charge in [0.2, 0.25) is 0 Å². The number of nitrogens with one attached hydrogen (secondary N) is 1. The lowest BCUT2D eigenvalue weighted by atomic mass is 10.00. The maximum atomic E-state index is 14.2. The lowest BCUT2D eigenvalue weighted by molar-refractivity contribution is -0.130. The van der Waals surface area contributed by atoms with E-state index in [1.165, 1.54) is 30.0 Å². The molecule has 0 spiro atoms. The third kappa shape index (κ3) is 6.34. The molecule has 2 amide bonds. The summed E-state index contributed by atoms with van der Waals surface area (Å²) in [6.45, 7) is 4.03. The van der Waals surface area contributed by atoms with Crippen molar-refractivity contribution in [3.8, 4) is 5.69 Å². The van der Waals surface area contributed by atoms with Crippen molar-refractivity contribution in [2.45, 2.75) is 38.0 Å². The molecule has 1 aliphatic heterocycles. The molecule has 0 fully saturated rings. The normalized spacial score (nSPS) is 14.5. The van der Waals surface area contributed by atoms with E-state index in [2.05, 4.69) is 27.6 Å². The molecule has 0 saturated heterocycles. The molecule has 0 bridgehead atoms. The fourth-order valence-electron chi connectivity index (χ4n) is 5.01. The van der Waals surface area contributed by atoms with Crippen molar-refractivity contribution >= 4 is 40.6 Å². The van der Waals surface area contributed by atoms with Gasteiger partial charge >= 0.3 is 0 Å². The van der Waals surface area contributed by atoms with E-state index in [-0.39, 0.29) is 29.8 Å². The second-order valence-electron chi connectivity index (χ2n) is 10.4. The van der Waals surface area contributed by atoms with E-state index in [0.717, 1.165) is 33.0 Å². The largest absolute Gasteiger partial charge is 0.345 e. The van der Waals surface area contributed by atoms with Crippen LogP contribution in [0.15, 0.2) is 101 Å². The van der Waals surface area contributed by atoms with Gasteiger partial charge in [0.25, 0.3) is 11.8 Å². The van der Waals surface area contributed by atoms with Crippen molar-refractivity contribution in [1.82, 2.24) is 25.1 Å². The van der Waals surface area contributed by atoms with Crippen molar-refractivity contribution < 1.29 is 14.0 Å². The Hall–Kier alpha value is -4.61. The zero-order chi connectivity index (χ0) is 30.6. The van der Waals surface area contributed by atoms with Crippen LogP contribution in [0.1, 0.15) is 50.2 Å². The molecular formula is C33H29FN6O2S2. The highest BCUT2D eigenvalue weighted by molar-refractivity contribution is 7.99. The minimum absolute atomic E-state index is 0.0126. The van der Waals surface area contributed by atoms with Gasteiger partial charge < -0.3 is 5.32 Å². The lowest BCUT2D eigenvalue weighted by Gasteiger charge is -2.22. The van der Waals surface area contributed by atoms with Gasteiger partial charge in [-0.3, -0.25) is 14.2 Å². The average molecular weight is 625 g/mol. The van der Waals surface area contributed by atoms with E-state index in [4.69, 9.17) is 5.10 Å². The Morgan fingerprint density at radius 1 is 0.977 bits per heavy atom. The van der Waals surface area contributed by atoms with E-state index in [1.54, 1.807) is 22.4 Å². The summed E-state index contributed by atoms with van der Waals surface area (Å²) in [5, 5.41) is 20.3. The highest BCUT2D eigenvalue weighted by Crippen LogP contribution is 2.35. The standard InChI is InChI=1S/C33H29FN6O2S2/c1-21-12-14-23(15-13-21)28-18-27(29-11-6-16-43-29)38-40(28)31(41)20-44-33-37-36-30(39(33)24-8-5-7-22(2)17-24)19-35-32(42)25-9-3-4-10-26(25)34/h3-17,28H,18-20H2,1-2H3,(H,35,42)/t28-/m0/s1. The fourth-order valence-corrected chi connectivity index (χ4v) is 6.55. The van der Waals surface area contributed by atoms with Crippen LogP contribution in [0.25, 0.3) is 5.69 Å². The van der Waals surface area contributed by atoms with Crippen molar-refractivity contribution in [3.63, 3.8) is 0 Å². The van der Waals surface area contributed by atoms with Gasteiger partial charge in [-0.25, -0.2) is 9.40 Å². The minimum atomic E-state index is -0.601. The maximum Gasteiger partial charge on any atom is 0.254 e. The quantitative estimate of drug-likeness (QED) is 0.190. The fraction of sp³-hybridized carbons (Fsp3) is 0.182. The summed E-state index contributed by atoms with van der Waals surface area (Å²) < 4.78 is 16.0. The molecule has 222 valence electrons. The number of amides is 2. The summed E-state index contributed by atoms with van der Waals surface area (Å²) in [6.07, 6.45) is 0.630. The minimum Gasteiger partial charge on any atom is -0.345 e. The van der Waals surface area contributed by atoms with Gasteiger partial charge in [-0.15, -0.1) is 21.5 Å². The second kappa shape index (κ2) is 12.9. The summed E-state index contributed by atoms with van der Waals surface area (Å²) in [5.41, 5.74) is 4.83. The Balaban J connectivity index is 1.24. The van der Waals surface area contributed by atoms with Crippen LogP contribution >= 0.6 is 23.1 Å². The van der Waals surface area contributed by atoms with Crippen LogP contribution in [-0.4, -0.2) is 43.1 Å². The topological polar surface area (TPSA) is 92.5 Å². The third-order valence-electron chi connectivity index (χ3n) is 7.24. The number of hydrogen-bond acceptors (Lipinski definition) is 7. The first kappa shape index (κ1) is 29.5. The molecule has 6 rings (SSSR count). The van der Waals surface area contributed by atoms with Crippen molar-refractivity contribution in [2.24, 2.45) is 5.10 Å². The zero-order valence-corrected chi connectivity index (χ0v) is 25.7. The Morgan fingerprint density at radius 2 is 1.80 bits per heavy atom. The average Bonchev–Trinajstić information content (AvgIpc) is 3.79. The van der Waals surface area contributed by atoms with Gasteiger partial charge in [0.15, 0.2) is 11.0 Å². The molecule has 1 N–H and O–H groups in total. The molecule has 0 radical (unpaired) electrons. The molecule has 3 heterocycles. The second-order valence-corrected chi connectivity index (χ2v) is 12.3. The number of nitrogens with zero attached hydrogens (tertiary/aromatic N) is 5. The van der Waals surface area contributed by atoms with Gasteiger partial charge in [-0.1, -0.05) is 71.9 Å². The molecule has 5 aromatic rings. The first-order chi connectivity index (χ1) is 21.4. The summed E-state index contributed by atoms with van der Waals surface area (Å²) in [6, 6.07) is 25.6. The molecule has 3 aromatic carbocycles. The van der Waals surface area contributed by atoms with Gasteiger partial charge in [-0.05, 0) is 60.7 Å². The third-order valence-corrected chi connectivity index (χ3v) is 9.08. The van der Waals surface area contributed by atoms with E-state index in [9.17, 15) is 14.0 Å². The number of hydrogen-bond donors (Lipinski definition) is 1. The van der Waals surface area contributed by atoms with E-state index in [0.29, 0.717) is 17.4 Å². The van der Waals surface area contributed by atoms with Crippen LogP contribution in [0.2, 0.25) is 0 Å². The molecule has 0 saturated carbocycles. The van der Waals surface area contributed by atoms with Crippen molar-refractivity contribution in [3.05, 3.63) is 129 Å². The van der Waals surface area contributed by atoms with E-state index >= 15 is 0 Å². The number of benzene rings is 3. The molecule has 0 unspecified atom stereocenters. The monoisotopic (exact) mass is 624 g/mol. The molecule has 8 nitrogen and oxygen atoms in total. The number of carbonyl (C=O) groups is 2. The smallest absolute Gasteiger partial charge is 0.254 e. The number of hydrazone groups is 1. The van der Waals surface area contributed by atoms with Gasteiger partial charge in [0, 0.05) is 12.1 Å². The number of thiophene rings is 1. The highest BCUT2D eigenvalue weighted by Gasteiger charge is 2.33. The molecule has 2 aromatic heterocycles. The van der Waals surface area contributed by atoms with Crippen LogP contribution in [-0.2, 0) is 11.3 Å². The van der Waals surface area contributed by atoms with Crippen LogP contribution in [0.5, 0.6) is 0 Å². The Bertz CT molecular complexity index is 1840. The first-order valence-corrected chi connectivity index (χ1v) is 15.9. The summed E-state index contributed by atoms with van der Waals surface area (Å²) in [7, 11) is 0. The zero-order valence-electron chi connectivity index (χ0n) is 24.1. The lowest BCUT2D eigenvalue weighted by Crippen LogP contribution is -2.28. The Kier molecular flexibility index (Phi) is 8.67. The molecule has 1 atom stereocenters. The van der Waals surface area contributed by atoms with Crippen LogP contribution in [0.4, 0.5) is 4.39 Å². The molecular weight excluding hydrogens is 596 g/mol. The van der Waals surface area contributed by atoms with Crippen LogP contribution in [0, 0.1) is 19.7 Å².